The summed E-state index contributed by atoms with van der Waals surface area (Å²) in [5.41, 5.74) is 2.20. The van der Waals surface area contributed by atoms with Gasteiger partial charge in [0.15, 0.2) is 0 Å². The number of likely N-dealkylation sites (tertiary alicyclic amines) is 1. The molecule has 0 radical (unpaired) electrons. The molecule has 29 heavy (non-hydrogen) atoms. The number of benzene rings is 2. The van der Waals surface area contributed by atoms with Crippen LogP contribution in [0.2, 0.25) is 0 Å². The molecule has 0 unspecified atom stereocenters. The Labute approximate surface area is 172 Å². The molecule has 0 aliphatic carbocycles. The fraction of sp³-hybridized carbons (Fsp3) is 0.458. The molecule has 0 aromatic heterocycles. The summed E-state index contributed by atoms with van der Waals surface area (Å²) in [6, 6.07) is 14.5. The van der Waals surface area contributed by atoms with E-state index in [4.69, 9.17) is 4.74 Å². The van der Waals surface area contributed by atoms with Crippen LogP contribution in [0.3, 0.4) is 0 Å². The summed E-state index contributed by atoms with van der Waals surface area (Å²) in [4.78, 5) is 15.9. The van der Waals surface area contributed by atoms with Gasteiger partial charge in [0.05, 0.1) is 5.41 Å². The molecule has 0 atom stereocenters. The van der Waals surface area contributed by atoms with Gasteiger partial charge < -0.3 is 10.1 Å². The Morgan fingerprint density at radius 1 is 1.03 bits per heavy atom. The molecule has 0 spiro atoms. The third kappa shape index (κ3) is 4.68. The molecule has 2 heterocycles. The van der Waals surface area contributed by atoms with Gasteiger partial charge in [-0.1, -0.05) is 30.7 Å². The van der Waals surface area contributed by atoms with Crippen LogP contribution in [0.25, 0.3) is 0 Å². The fourth-order valence-corrected chi connectivity index (χ4v) is 4.51. The zero-order valence-electron chi connectivity index (χ0n) is 16.8. The molecule has 1 amide bonds. The molecular formula is C24H29FN2O2. The molecule has 4 nitrogen and oxygen atoms in total. The number of hydrogen-bond acceptors (Lipinski definition) is 3. The number of carbonyl (C=O) groups excluding carboxylic acids is 1. The van der Waals surface area contributed by atoms with Crippen molar-refractivity contribution in [3.8, 4) is 0 Å². The van der Waals surface area contributed by atoms with Crippen LogP contribution in [0.1, 0.15) is 43.2 Å². The van der Waals surface area contributed by atoms with E-state index < -0.39 is 5.41 Å². The first-order valence-electron chi connectivity index (χ1n) is 10.6. The number of anilines is 1. The average Bonchev–Trinajstić information content (AvgIpc) is 2.76. The van der Waals surface area contributed by atoms with Gasteiger partial charge in [0.1, 0.15) is 5.82 Å². The smallest absolute Gasteiger partial charge is 0.235 e. The van der Waals surface area contributed by atoms with Gasteiger partial charge >= 0.3 is 0 Å². The first-order chi connectivity index (χ1) is 14.2. The number of nitrogens with one attached hydrogen (secondary N) is 1. The topological polar surface area (TPSA) is 41.6 Å². The maximum atomic E-state index is 13.4. The van der Waals surface area contributed by atoms with Gasteiger partial charge in [0.25, 0.3) is 0 Å². The molecule has 2 aliphatic rings. The van der Waals surface area contributed by atoms with E-state index in [9.17, 15) is 9.18 Å². The van der Waals surface area contributed by atoms with E-state index in [1.54, 1.807) is 12.1 Å². The van der Waals surface area contributed by atoms with E-state index >= 15 is 0 Å². The quantitative estimate of drug-likeness (QED) is 0.809. The molecule has 154 valence electrons. The highest BCUT2D eigenvalue weighted by Gasteiger charge is 2.41. The number of amides is 1. The molecule has 0 bridgehead atoms. The number of halogens is 1. The molecule has 1 N–H and O–H groups in total. The molecule has 5 heteroatoms. The first kappa shape index (κ1) is 20.0. The fourth-order valence-electron chi connectivity index (χ4n) is 4.51. The summed E-state index contributed by atoms with van der Waals surface area (Å²) >= 11 is 0. The summed E-state index contributed by atoms with van der Waals surface area (Å²) in [7, 11) is 0. The molecule has 0 saturated carbocycles. The largest absolute Gasteiger partial charge is 0.381 e. The van der Waals surface area contributed by atoms with Crippen LogP contribution in [-0.2, 0) is 21.5 Å². The van der Waals surface area contributed by atoms with Crippen LogP contribution < -0.4 is 5.32 Å². The number of carbonyl (C=O) groups is 1. The van der Waals surface area contributed by atoms with Crippen LogP contribution in [0.15, 0.2) is 48.5 Å². The molecule has 2 saturated heterocycles. The lowest BCUT2D eigenvalue weighted by Gasteiger charge is -2.36. The van der Waals surface area contributed by atoms with Gasteiger partial charge in [-0.25, -0.2) is 4.39 Å². The molecule has 2 aromatic carbocycles. The van der Waals surface area contributed by atoms with Crippen molar-refractivity contribution < 1.29 is 13.9 Å². The Hall–Kier alpha value is -2.24. The monoisotopic (exact) mass is 396 g/mol. The normalized spacial score (nSPS) is 19.6. The number of ether oxygens (including phenoxy) is 1. The van der Waals surface area contributed by atoms with Crippen molar-refractivity contribution in [1.82, 2.24) is 4.90 Å². The van der Waals surface area contributed by atoms with Crippen molar-refractivity contribution in [3.05, 3.63) is 65.5 Å². The second-order valence-corrected chi connectivity index (χ2v) is 8.19. The Balaban J connectivity index is 1.51. The molecule has 2 fully saturated rings. The van der Waals surface area contributed by atoms with E-state index in [-0.39, 0.29) is 11.7 Å². The van der Waals surface area contributed by atoms with Gasteiger partial charge in [0.2, 0.25) is 5.91 Å². The maximum Gasteiger partial charge on any atom is 0.235 e. The zero-order valence-corrected chi connectivity index (χ0v) is 16.8. The van der Waals surface area contributed by atoms with Gasteiger partial charge in [-0.3, -0.25) is 9.69 Å². The van der Waals surface area contributed by atoms with E-state index in [0.29, 0.717) is 26.1 Å². The van der Waals surface area contributed by atoms with Crippen molar-refractivity contribution in [2.24, 2.45) is 0 Å². The van der Waals surface area contributed by atoms with Crippen LogP contribution in [-0.4, -0.2) is 37.1 Å². The highest BCUT2D eigenvalue weighted by atomic mass is 19.1. The standard InChI is InChI=1S/C24H29FN2O2/c25-21-9-7-20(8-10-21)24(11-15-29-16-12-24)23(28)26-22-6-4-5-19(17-22)18-27-13-2-1-3-14-27/h4-10,17H,1-3,11-16,18H2,(H,26,28). The number of piperidine rings is 1. The Kier molecular flexibility index (Phi) is 6.26. The van der Waals surface area contributed by atoms with Crippen molar-refractivity contribution in [2.75, 3.05) is 31.6 Å². The highest BCUT2D eigenvalue weighted by Crippen LogP contribution is 2.36. The summed E-state index contributed by atoms with van der Waals surface area (Å²) in [6.45, 7) is 4.26. The number of rotatable bonds is 5. The average molecular weight is 397 g/mol. The third-order valence-electron chi connectivity index (χ3n) is 6.22. The van der Waals surface area contributed by atoms with E-state index in [1.807, 2.05) is 12.1 Å². The predicted molar refractivity (Wildman–Crippen MR) is 112 cm³/mol. The maximum absolute atomic E-state index is 13.4. The van der Waals surface area contributed by atoms with Gasteiger partial charge in [0, 0.05) is 25.4 Å². The predicted octanol–water partition coefficient (Wildman–Crippen LogP) is 4.50. The van der Waals surface area contributed by atoms with E-state index in [0.717, 1.165) is 30.9 Å². The molecular weight excluding hydrogens is 367 g/mol. The van der Waals surface area contributed by atoms with Crippen LogP contribution >= 0.6 is 0 Å². The first-order valence-corrected chi connectivity index (χ1v) is 10.6. The van der Waals surface area contributed by atoms with Gasteiger partial charge in [-0.2, -0.15) is 0 Å². The lowest BCUT2D eigenvalue weighted by atomic mass is 9.73. The van der Waals surface area contributed by atoms with Gasteiger partial charge in [-0.15, -0.1) is 0 Å². The van der Waals surface area contributed by atoms with E-state index in [1.165, 1.54) is 37.0 Å². The molecule has 2 aliphatic heterocycles. The van der Waals surface area contributed by atoms with Crippen LogP contribution in [0.5, 0.6) is 0 Å². The van der Waals surface area contributed by atoms with Crippen molar-refractivity contribution in [3.63, 3.8) is 0 Å². The Morgan fingerprint density at radius 2 is 1.76 bits per heavy atom. The SMILES string of the molecule is O=C(Nc1cccc(CN2CCCCC2)c1)C1(c2ccc(F)cc2)CCOCC1. The summed E-state index contributed by atoms with van der Waals surface area (Å²) in [5, 5.41) is 3.14. The minimum Gasteiger partial charge on any atom is -0.381 e. The minimum atomic E-state index is -0.686. The zero-order chi connectivity index (χ0) is 20.1. The molecule has 4 rings (SSSR count). The van der Waals surface area contributed by atoms with Crippen LogP contribution in [0, 0.1) is 5.82 Å². The second-order valence-electron chi connectivity index (χ2n) is 8.19. The summed E-state index contributed by atoms with van der Waals surface area (Å²) in [5.74, 6) is -0.329. The Morgan fingerprint density at radius 3 is 2.48 bits per heavy atom. The summed E-state index contributed by atoms with van der Waals surface area (Å²) < 4.78 is 18.9. The second kappa shape index (κ2) is 9.06. The Bertz CT molecular complexity index is 825. The van der Waals surface area contributed by atoms with Crippen molar-refractivity contribution in [2.45, 2.75) is 44.1 Å². The number of nitrogens with zero attached hydrogens (tertiary/aromatic N) is 1. The van der Waals surface area contributed by atoms with Crippen LogP contribution in [0.4, 0.5) is 10.1 Å². The highest BCUT2D eigenvalue weighted by molar-refractivity contribution is 5.99. The van der Waals surface area contributed by atoms with E-state index in [2.05, 4.69) is 22.3 Å². The summed E-state index contributed by atoms with van der Waals surface area (Å²) in [6.07, 6.45) is 5.04. The van der Waals surface area contributed by atoms with Gasteiger partial charge in [-0.05, 0) is 74.2 Å². The third-order valence-corrected chi connectivity index (χ3v) is 6.22. The number of hydrogen-bond donors (Lipinski definition) is 1. The van der Waals surface area contributed by atoms with Crippen molar-refractivity contribution >= 4 is 11.6 Å². The molecule has 2 aromatic rings. The lowest BCUT2D eigenvalue weighted by molar-refractivity contribution is -0.125. The minimum absolute atomic E-state index is 0.0393. The van der Waals surface area contributed by atoms with Crippen molar-refractivity contribution in [1.29, 1.82) is 0 Å². The lowest BCUT2D eigenvalue weighted by Crippen LogP contribution is -2.44.